The molecule has 0 radical (unpaired) electrons. The van der Waals surface area contributed by atoms with Crippen molar-refractivity contribution in [3.05, 3.63) is 59.7 Å². The number of thioether (sulfide) groups is 1. The average Bonchev–Trinajstić information content (AvgIpc) is 3.05. The van der Waals surface area contributed by atoms with Crippen LogP contribution < -0.4 is 0 Å². The molecule has 248 valence electrons. The maximum Gasteiger partial charge on any atom is 0.354 e. The van der Waals surface area contributed by atoms with E-state index in [1.54, 1.807) is 12.3 Å². The number of aromatic nitrogens is 2. The molecular weight excluding hydrogens is 602 g/mol. The zero-order chi connectivity index (χ0) is 31.8. The molecule has 3 heterocycles. The third kappa shape index (κ3) is 15.9. The molecule has 1 aliphatic heterocycles. The Bertz CT molecular complexity index is 1090. The van der Waals surface area contributed by atoms with Crippen LogP contribution in [0.15, 0.2) is 42.6 Å². The Hall–Kier alpha value is -2.71. The first-order valence-electron chi connectivity index (χ1n) is 15.2. The van der Waals surface area contributed by atoms with Crippen molar-refractivity contribution in [3.63, 3.8) is 0 Å². The van der Waals surface area contributed by atoms with Gasteiger partial charge < -0.3 is 33.5 Å². The van der Waals surface area contributed by atoms with Gasteiger partial charge in [0.15, 0.2) is 0 Å². The highest BCUT2D eigenvalue weighted by atomic mass is 32.2. The summed E-state index contributed by atoms with van der Waals surface area (Å²) in [5.74, 6) is -0.408. The maximum absolute atomic E-state index is 11.3. The van der Waals surface area contributed by atoms with E-state index in [1.807, 2.05) is 29.7 Å². The first-order valence-corrected chi connectivity index (χ1v) is 16.2. The number of nitrogens with zero attached hydrogens (tertiary/aromatic N) is 5. The summed E-state index contributed by atoms with van der Waals surface area (Å²) < 4.78 is 35.1. The molecule has 2 aromatic heterocycles. The monoisotopic (exact) mass is 647 g/mol. The topological polar surface area (TPSA) is 149 Å². The molecule has 1 aliphatic rings. The third-order valence-electron chi connectivity index (χ3n) is 6.82. The summed E-state index contributed by atoms with van der Waals surface area (Å²) in [6.07, 6.45) is 1.78. The number of ether oxygens (including phenoxy) is 6. The average molecular weight is 648 g/mol. The van der Waals surface area contributed by atoms with Gasteiger partial charge in [0, 0.05) is 44.7 Å². The fourth-order valence-corrected chi connectivity index (χ4v) is 4.81. The van der Waals surface area contributed by atoms with Crippen LogP contribution in [0.5, 0.6) is 0 Å². The van der Waals surface area contributed by atoms with E-state index in [4.69, 9.17) is 33.7 Å². The number of carboxylic acid groups (broad SMARTS) is 1. The first kappa shape index (κ1) is 36.8. The quantitative estimate of drug-likeness (QED) is 0.250. The molecule has 1 fully saturated rings. The van der Waals surface area contributed by atoms with E-state index in [2.05, 4.69) is 19.8 Å². The number of hydrogen-bond donors (Lipinski definition) is 1. The second-order valence-corrected chi connectivity index (χ2v) is 10.9. The lowest BCUT2D eigenvalue weighted by molar-refractivity contribution is -0.0158. The van der Waals surface area contributed by atoms with Gasteiger partial charge in [-0.1, -0.05) is 12.1 Å². The minimum Gasteiger partial charge on any atom is -0.477 e. The molecular formula is C31H45N5O8S. The van der Waals surface area contributed by atoms with Gasteiger partial charge in [-0.25, -0.2) is 9.78 Å². The minimum atomic E-state index is -1.04. The largest absolute Gasteiger partial charge is 0.477 e. The van der Waals surface area contributed by atoms with Crippen molar-refractivity contribution in [2.45, 2.75) is 12.6 Å². The van der Waals surface area contributed by atoms with Crippen molar-refractivity contribution in [1.29, 1.82) is 5.26 Å². The molecule has 14 heteroatoms. The molecule has 13 nitrogen and oxygen atoms in total. The summed E-state index contributed by atoms with van der Waals surface area (Å²) >= 11 is 1.18. The molecule has 1 N–H and O–H groups in total. The summed E-state index contributed by atoms with van der Waals surface area (Å²) in [7, 11) is 0. The Labute approximate surface area is 269 Å². The number of carbonyl (C=O) groups is 1. The van der Waals surface area contributed by atoms with Crippen molar-refractivity contribution in [2.75, 3.05) is 111 Å². The molecule has 0 aliphatic carbocycles. The highest BCUT2D eigenvalue weighted by molar-refractivity contribution is 8.03. The Morgan fingerprint density at radius 2 is 1.56 bits per heavy atom. The number of hydrogen-bond acceptors (Lipinski definition) is 13. The predicted molar refractivity (Wildman–Crippen MR) is 168 cm³/mol. The smallest absolute Gasteiger partial charge is 0.354 e. The third-order valence-corrected chi connectivity index (χ3v) is 7.32. The van der Waals surface area contributed by atoms with Gasteiger partial charge >= 0.3 is 5.97 Å². The highest BCUT2D eigenvalue weighted by Gasteiger charge is 2.22. The van der Waals surface area contributed by atoms with E-state index in [-0.39, 0.29) is 11.7 Å². The Balaban J connectivity index is 1.50. The van der Waals surface area contributed by atoms with Gasteiger partial charge in [0.05, 0.1) is 96.7 Å². The standard InChI is InChI=1S/C31H45N5O8S/c32-26-45-23-22-43-20-21-44-25-30(28-5-1-2-7-33-28)36-10-14-41-18-16-39-12-8-35(9-13-40-17-19-42-15-11-36)24-27-4-3-6-29(34-27)31(37)38/h1-7,30H,8-25H2,(H,37,38). The number of nitriles is 1. The van der Waals surface area contributed by atoms with Gasteiger partial charge in [-0.05, 0) is 36.0 Å². The zero-order valence-electron chi connectivity index (χ0n) is 25.8. The molecule has 0 amide bonds. The fraction of sp³-hybridized carbons (Fsp3) is 0.613. The molecule has 45 heavy (non-hydrogen) atoms. The number of thiocyanates is 1. The van der Waals surface area contributed by atoms with Crippen LogP contribution in [0.1, 0.15) is 27.9 Å². The van der Waals surface area contributed by atoms with Crippen molar-refractivity contribution in [1.82, 2.24) is 19.8 Å². The Morgan fingerprint density at radius 1 is 0.889 bits per heavy atom. The van der Waals surface area contributed by atoms with Crippen LogP contribution in [0.3, 0.4) is 0 Å². The summed E-state index contributed by atoms with van der Waals surface area (Å²) in [4.78, 5) is 24.6. The number of pyridine rings is 2. The zero-order valence-corrected chi connectivity index (χ0v) is 26.6. The maximum atomic E-state index is 11.3. The van der Waals surface area contributed by atoms with Gasteiger partial charge in [0.1, 0.15) is 11.1 Å². The molecule has 2 aromatic rings. The lowest BCUT2D eigenvalue weighted by Gasteiger charge is -2.31. The second-order valence-electron chi connectivity index (χ2n) is 9.98. The van der Waals surface area contributed by atoms with Crippen molar-refractivity contribution in [2.24, 2.45) is 0 Å². The van der Waals surface area contributed by atoms with E-state index in [0.717, 1.165) is 5.69 Å². The normalized spacial score (nSPS) is 17.9. The molecule has 0 bridgehead atoms. The highest BCUT2D eigenvalue weighted by Crippen LogP contribution is 2.19. The lowest BCUT2D eigenvalue weighted by Crippen LogP contribution is -2.38. The van der Waals surface area contributed by atoms with Gasteiger partial charge in [-0.2, -0.15) is 5.26 Å². The van der Waals surface area contributed by atoms with E-state index in [9.17, 15) is 9.90 Å². The van der Waals surface area contributed by atoms with Crippen LogP contribution in [0, 0.1) is 10.7 Å². The number of rotatable bonds is 13. The van der Waals surface area contributed by atoms with Crippen LogP contribution in [-0.4, -0.2) is 142 Å². The number of carboxylic acids is 1. The summed E-state index contributed by atoms with van der Waals surface area (Å²) in [5.41, 5.74) is 1.62. The molecule has 0 saturated carbocycles. The van der Waals surface area contributed by atoms with E-state index >= 15 is 0 Å². The van der Waals surface area contributed by atoms with Crippen LogP contribution in [0.2, 0.25) is 0 Å². The van der Waals surface area contributed by atoms with Crippen LogP contribution in [-0.2, 0) is 35.0 Å². The minimum absolute atomic E-state index is 0.0291. The molecule has 1 atom stereocenters. The Kier molecular flexibility index (Phi) is 19.3. The van der Waals surface area contributed by atoms with E-state index < -0.39 is 5.97 Å². The van der Waals surface area contributed by atoms with Gasteiger partial charge in [-0.15, -0.1) is 0 Å². The van der Waals surface area contributed by atoms with Crippen LogP contribution >= 0.6 is 11.8 Å². The van der Waals surface area contributed by atoms with E-state index in [0.29, 0.717) is 123 Å². The number of aromatic carboxylic acids is 1. The van der Waals surface area contributed by atoms with Gasteiger partial charge in [0.25, 0.3) is 0 Å². The van der Waals surface area contributed by atoms with Gasteiger partial charge in [-0.3, -0.25) is 14.8 Å². The van der Waals surface area contributed by atoms with Crippen molar-refractivity contribution >= 4 is 17.7 Å². The summed E-state index contributed by atoms with van der Waals surface area (Å²) in [5, 5.41) is 19.9. The second kappa shape index (κ2) is 23.6. The molecule has 1 unspecified atom stereocenters. The summed E-state index contributed by atoms with van der Waals surface area (Å²) in [6.45, 7) is 8.78. The molecule has 0 aromatic carbocycles. The van der Waals surface area contributed by atoms with Crippen LogP contribution in [0.4, 0.5) is 0 Å². The fourth-order valence-electron chi connectivity index (χ4n) is 4.52. The van der Waals surface area contributed by atoms with Crippen molar-refractivity contribution < 1.29 is 38.3 Å². The van der Waals surface area contributed by atoms with E-state index in [1.165, 1.54) is 17.8 Å². The van der Waals surface area contributed by atoms with Crippen LogP contribution in [0.25, 0.3) is 0 Å². The SMILES string of the molecule is N#CSCCOCCOCC(c1ccccn1)N1CCOCCOCCN(Cc2cccc(C(=O)O)n2)CCOCCOCC1. The molecule has 3 rings (SSSR count). The van der Waals surface area contributed by atoms with Gasteiger partial charge in [0.2, 0.25) is 0 Å². The Morgan fingerprint density at radius 3 is 2.18 bits per heavy atom. The first-order chi connectivity index (χ1) is 22.2. The van der Waals surface area contributed by atoms with Crippen molar-refractivity contribution in [3.8, 4) is 5.40 Å². The predicted octanol–water partition coefficient (Wildman–Crippen LogP) is 2.35. The summed E-state index contributed by atoms with van der Waals surface area (Å²) in [6, 6.07) is 10.8. The molecule has 1 saturated heterocycles. The molecule has 0 spiro atoms. The lowest BCUT2D eigenvalue weighted by atomic mass is 10.1.